The van der Waals surface area contributed by atoms with Gasteiger partial charge in [0.15, 0.2) is 11.6 Å². The van der Waals surface area contributed by atoms with Gasteiger partial charge < -0.3 is 10.1 Å². The fraction of sp³-hybridized carbons (Fsp3) is 0.381. The molecule has 0 saturated carbocycles. The van der Waals surface area contributed by atoms with Gasteiger partial charge >= 0.3 is 0 Å². The van der Waals surface area contributed by atoms with E-state index in [1.165, 1.54) is 47.8 Å². The maximum absolute atomic E-state index is 13.8. The van der Waals surface area contributed by atoms with E-state index in [0.29, 0.717) is 30.6 Å². The number of nitrogens with zero attached hydrogens (tertiary/aromatic N) is 1. The number of methoxy groups -OCH3 is 1. The van der Waals surface area contributed by atoms with Crippen LogP contribution >= 0.6 is 0 Å². The summed E-state index contributed by atoms with van der Waals surface area (Å²) in [5.41, 5.74) is 0.557. The first-order valence-electron chi connectivity index (χ1n) is 9.46. The van der Waals surface area contributed by atoms with Crippen LogP contribution in [0.1, 0.15) is 30.6 Å². The van der Waals surface area contributed by atoms with Gasteiger partial charge in [0.05, 0.1) is 12.0 Å². The molecule has 1 saturated heterocycles. The van der Waals surface area contributed by atoms with Crippen LogP contribution in [0, 0.1) is 17.7 Å². The van der Waals surface area contributed by atoms with Gasteiger partial charge in [0.25, 0.3) is 5.91 Å². The van der Waals surface area contributed by atoms with Crippen molar-refractivity contribution in [1.82, 2.24) is 4.31 Å². The van der Waals surface area contributed by atoms with E-state index >= 15 is 0 Å². The molecule has 29 heavy (non-hydrogen) atoms. The number of piperidine rings is 1. The van der Waals surface area contributed by atoms with E-state index in [0.717, 1.165) is 12.5 Å². The normalized spacial score (nSPS) is 20.3. The Hall–Kier alpha value is -2.45. The van der Waals surface area contributed by atoms with E-state index in [2.05, 4.69) is 19.2 Å². The number of amides is 1. The Morgan fingerprint density at radius 2 is 1.72 bits per heavy atom. The molecule has 0 unspecified atom stereocenters. The molecule has 2 aromatic carbocycles. The Kier molecular flexibility index (Phi) is 6.24. The molecule has 1 fully saturated rings. The number of sulfonamides is 1. The lowest BCUT2D eigenvalue weighted by Crippen LogP contribution is -2.42. The molecule has 2 atom stereocenters. The second kappa shape index (κ2) is 8.51. The van der Waals surface area contributed by atoms with E-state index in [1.54, 1.807) is 0 Å². The molecule has 1 aliphatic rings. The fourth-order valence-electron chi connectivity index (χ4n) is 3.67. The van der Waals surface area contributed by atoms with Crippen molar-refractivity contribution in [1.29, 1.82) is 0 Å². The van der Waals surface area contributed by atoms with Crippen molar-refractivity contribution in [3.05, 3.63) is 53.8 Å². The largest absolute Gasteiger partial charge is 0.494 e. The van der Waals surface area contributed by atoms with Gasteiger partial charge in [-0.3, -0.25) is 4.79 Å². The molecular weight excluding hydrogens is 395 g/mol. The van der Waals surface area contributed by atoms with E-state index < -0.39 is 21.7 Å². The Morgan fingerprint density at radius 1 is 1.10 bits per heavy atom. The Bertz CT molecular complexity index is 982. The van der Waals surface area contributed by atoms with Crippen molar-refractivity contribution in [2.75, 3.05) is 25.5 Å². The van der Waals surface area contributed by atoms with Crippen molar-refractivity contribution in [2.45, 2.75) is 25.2 Å². The van der Waals surface area contributed by atoms with Crippen molar-refractivity contribution < 1.29 is 22.3 Å². The SMILES string of the molecule is COc1ccc(C(=O)Nc2ccc(S(=O)(=O)N3C[C@H](C)C[C@H](C)C3)cc2)cc1F. The molecule has 1 amide bonds. The Morgan fingerprint density at radius 3 is 2.28 bits per heavy atom. The zero-order valence-electron chi connectivity index (χ0n) is 16.7. The highest BCUT2D eigenvalue weighted by Crippen LogP contribution is 2.27. The van der Waals surface area contributed by atoms with Gasteiger partial charge in [0.1, 0.15) is 0 Å². The molecule has 156 valence electrons. The average molecular weight is 421 g/mol. The van der Waals surface area contributed by atoms with Gasteiger partial charge in [-0.1, -0.05) is 13.8 Å². The summed E-state index contributed by atoms with van der Waals surface area (Å²) in [4.78, 5) is 12.5. The van der Waals surface area contributed by atoms with Crippen molar-refractivity contribution in [3.8, 4) is 5.75 Å². The number of hydrogen-bond donors (Lipinski definition) is 1. The lowest BCUT2D eigenvalue weighted by molar-refractivity contribution is 0.102. The third kappa shape index (κ3) is 4.76. The molecule has 2 aromatic rings. The molecule has 1 aliphatic heterocycles. The fourth-order valence-corrected chi connectivity index (χ4v) is 5.35. The number of rotatable bonds is 5. The molecule has 0 aliphatic carbocycles. The average Bonchev–Trinajstić information content (AvgIpc) is 2.67. The molecule has 0 spiro atoms. The lowest BCUT2D eigenvalue weighted by Gasteiger charge is -2.34. The van der Waals surface area contributed by atoms with Crippen molar-refractivity contribution in [2.24, 2.45) is 11.8 Å². The van der Waals surface area contributed by atoms with Crippen LogP contribution in [-0.4, -0.2) is 38.8 Å². The smallest absolute Gasteiger partial charge is 0.255 e. The second-order valence-electron chi connectivity index (χ2n) is 7.60. The minimum absolute atomic E-state index is 0.0532. The van der Waals surface area contributed by atoms with Crippen molar-refractivity contribution in [3.63, 3.8) is 0 Å². The summed E-state index contributed by atoms with van der Waals surface area (Å²) < 4.78 is 46.0. The summed E-state index contributed by atoms with van der Waals surface area (Å²) in [7, 11) is -2.24. The highest BCUT2D eigenvalue weighted by Gasteiger charge is 2.31. The van der Waals surface area contributed by atoms with Gasteiger partial charge in [0.2, 0.25) is 10.0 Å². The highest BCUT2D eigenvalue weighted by molar-refractivity contribution is 7.89. The first-order chi connectivity index (χ1) is 13.7. The molecule has 8 heteroatoms. The van der Waals surface area contributed by atoms with E-state index in [1.807, 2.05) is 0 Å². The van der Waals surface area contributed by atoms with E-state index in [-0.39, 0.29) is 16.2 Å². The van der Waals surface area contributed by atoms with E-state index in [4.69, 9.17) is 4.74 Å². The van der Waals surface area contributed by atoms with Gasteiger partial charge in [-0.25, -0.2) is 12.8 Å². The topological polar surface area (TPSA) is 75.7 Å². The van der Waals surface area contributed by atoms with Gasteiger partial charge in [-0.05, 0) is 60.7 Å². The van der Waals surface area contributed by atoms with Crippen LogP contribution in [0.4, 0.5) is 10.1 Å². The number of benzene rings is 2. The number of carbonyl (C=O) groups excluding carboxylic acids is 1. The van der Waals surface area contributed by atoms with Gasteiger partial charge in [-0.2, -0.15) is 4.31 Å². The highest BCUT2D eigenvalue weighted by atomic mass is 32.2. The third-order valence-corrected chi connectivity index (χ3v) is 6.85. The maximum atomic E-state index is 13.8. The summed E-state index contributed by atoms with van der Waals surface area (Å²) in [6.45, 7) is 5.13. The van der Waals surface area contributed by atoms with Gasteiger partial charge in [0, 0.05) is 24.3 Å². The minimum Gasteiger partial charge on any atom is -0.494 e. The summed E-state index contributed by atoms with van der Waals surface area (Å²) in [5, 5.41) is 2.64. The quantitative estimate of drug-likeness (QED) is 0.799. The zero-order valence-corrected chi connectivity index (χ0v) is 17.5. The van der Waals surface area contributed by atoms with Crippen LogP contribution in [-0.2, 0) is 10.0 Å². The number of nitrogens with one attached hydrogen (secondary N) is 1. The molecule has 0 radical (unpaired) electrons. The Labute approximate surface area is 170 Å². The predicted molar refractivity (Wildman–Crippen MR) is 109 cm³/mol. The van der Waals surface area contributed by atoms with Crippen LogP contribution in [0.2, 0.25) is 0 Å². The molecular formula is C21H25FN2O4S. The molecule has 0 bridgehead atoms. The Balaban J connectivity index is 1.73. The van der Waals surface area contributed by atoms with Crippen LogP contribution in [0.5, 0.6) is 5.75 Å². The molecule has 6 nitrogen and oxygen atoms in total. The monoisotopic (exact) mass is 420 g/mol. The molecule has 1 N–H and O–H groups in total. The molecule has 3 rings (SSSR count). The molecule has 1 heterocycles. The number of ether oxygens (including phenoxy) is 1. The first kappa shape index (κ1) is 21.3. The summed E-state index contributed by atoms with van der Waals surface area (Å²) in [6.07, 6.45) is 1.02. The number of hydrogen-bond acceptors (Lipinski definition) is 4. The van der Waals surface area contributed by atoms with Gasteiger partial charge in [-0.15, -0.1) is 0 Å². The van der Waals surface area contributed by atoms with Crippen molar-refractivity contribution >= 4 is 21.6 Å². The van der Waals surface area contributed by atoms with Crippen LogP contribution in [0.15, 0.2) is 47.4 Å². The summed E-state index contributed by atoms with van der Waals surface area (Å²) in [5.74, 6) is -0.446. The predicted octanol–water partition coefficient (Wildman–Crippen LogP) is 3.75. The zero-order chi connectivity index (χ0) is 21.2. The number of carbonyl (C=O) groups is 1. The lowest BCUT2D eigenvalue weighted by atomic mass is 9.94. The first-order valence-corrected chi connectivity index (χ1v) is 10.9. The van der Waals surface area contributed by atoms with Crippen LogP contribution in [0.3, 0.4) is 0 Å². The van der Waals surface area contributed by atoms with E-state index in [9.17, 15) is 17.6 Å². The second-order valence-corrected chi connectivity index (χ2v) is 9.53. The number of anilines is 1. The minimum atomic E-state index is -3.58. The summed E-state index contributed by atoms with van der Waals surface area (Å²) >= 11 is 0. The maximum Gasteiger partial charge on any atom is 0.255 e. The molecule has 0 aromatic heterocycles. The summed E-state index contributed by atoms with van der Waals surface area (Å²) in [6, 6.07) is 9.93. The number of halogens is 1. The standard InChI is InChI=1S/C21H25FN2O4S/c1-14-10-15(2)13-24(12-14)29(26,27)18-7-5-17(6-8-18)23-21(25)16-4-9-20(28-3)19(22)11-16/h4-9,11,14-15H,10,12-13H2,1-3H3,(H,23,25)/t14-,15+. The van der Waals surface area contributed by atoms with Crippen LogP contribution in [0.25, 0.3) is 0 Å². The third-order valence-electron chi connectivity index (χ3n) is 5.00. The van der Waals surface area contributed by atoms with Crippen LogP contribution < -0.4 is 10.1 Å².